The fraction of sp³-hybridized carbons (Fsp3) is 0.320. The van der Waals surface area contributed by atoms with Gasteiger partial charge in [0.25, 0.3) is 0 Å². The number of rotatable bonds is 13. The Morgan fingerprint density at radius 1 is 1.25 bits per heavy atom. The second kappa shape index (κ2) is 14.5. The number of aliphatic imine (C=N–C) groups is 1. The fourth-order valence-corrected chi connectivity index (χ4v) is 2.74. The van der Waals surface area contributed by atoms with Crippen LogP contribution in [0.4, 0.5) is 5.95 Å². The topological polar surface area (TPSA) is 83.5 Å². The first-order chi connectivity index (χ1) is 15.4. The number of ether oxygens (including phenoxy) is 1. The normalized spacial score (nSPS) is 13.3. The summed E-state index contributed by atoms with van der Waals surface area (Å²) in [6, 6.07) is 1.81. The number of hydrogen-bond acceptors (Lipinski definition) is 7. The van der Waals surface area contributed by atoms with Crippen LogP contribution in [0.1, 0.15) is 39.8 Å². The lowest BCUT2D eigenvalue weighted by molar-refractivity contribution is 0.301. The van der Waals surface area contributed by atoms with Gasteiger partial charge in [-0.3, -0.25) is 4.99 Å². The standard InChI is InChI=1S/C25H36N6O/c1-9-14-27-16-20(6)22-13-15-28-25(30-22)29-17-21(10-2)24(31-26-7)19(5)11-12-23(32-8)18(3)4/h9,11-16,26,31H,3,6,10,17H2,1-2,4-5,7-8H3,(H,28,29,30)/b14-9-,19-11+,23-12+,24-21+,27-16-. The second-order valence-corrected chi connectivity index (χ2v) is 6.98. The summed E-state index contributed by atoms with van der Waals surface area (Å²) in [6.45, 7) is 16.5. The Hall–Kier alpha value is -3.45. The molecule has 3 N–H and O–H groups in total. The van der Waals surface area contributed by atoms with Gasteiger partial charge in [0.15, 0.2) is 0 Å². The summed E-state index contributed by atoms with van der Waals surface area (Å²) in [6.07, 6.45) is 11.7. The quantitative estimate of drug-likeness (QED) is 0.176. The van der Waals surface area contributed by atoms with Gasteiger partial charge in [-0.15, -0.1) is 0 Å². The van der Waals surface area contributed by atoms with Gasteiger partial charge >= 0.3 is 0 Å². The molecule has 0 amide bonds. The van der Waals surface area contributed by atoms with E-state index in [4.69, 9.17) is 4.74 Å². The molecule has 7 heteroatoms. The van der Waals surface area contributed by atoms with E-state index < -0.39 is 0 Å². The molecule has 172 valence electrons. The highest BCUT2D eigenvalue weighted by atomic mass is 16.5. The van der Waals surface area contributed by atoms with Crippen LogP contribution >= 0.6 is 0 Å². The van der Waals surface area contributed by atoms with Crippen LogP contribution in [0.3, 0.4) is 0 Å². The number of hydrogen-bond donors (Lipinski definition) is 3. The molecule has 1 rings (SSSR count). The summed E-state index contributed by atoms with van der Waals surface area (Å²) in [4.78, 5) is 13.0. The summed E-state index contributed by atoms with van der Waals surface area (Å²) in [5.41, 5.74) is 11.8. The van der Waals surface area contributed by atoms with Gasteiger partial charge in [0.2, 0.25) is 5.95 Å². The lowest BCUT2D eigenvalue weighted by atomic mass is 10.0. The van der Waals surface area contributed by atoms with Crippen LogP contribution in [0.25, 0.3) is 5.57 Å². The molecule has 1 aromatic heterocycles. The summed E-state index contributed by atoms with van der Waals surface area (Å²) in [5.74, 6) is 1.27. The lowest BCUT2D eigenvalue weighted by Gasteiger charge is -2.17. The zero-order chi connectivity index (χ0) is 23.9. The van der Waals surface area contributed by atoms with E-state index in [1.54, 1.807) is 25.7 Å². The van der Waals surface area contributed by atoms with Crippen molar-refractivity contribution in [2.24, 2.45) is 4.99 Å². The molecular formula is C25H36N6O. The number of hydrazine groups is 1. The van der Waals surface area contributed by atoms with Crippen molar-refractivity contribution in [2.75, 3.05) is 26.0 Å². The molecule has 7 nitrogen and oxygen atoms in total. The van der Waals surface area contributed by atoms with Crippen LogP contribution in [0.15, 0.2) is 83.0 Å². The molecular weight excluding hydrogens is 400 g/mol. The summed E-state index contributed by atoms with van der Waals surface area (Å²) in [7, 11) is 3.48. The number of methoxy groups -OCH3 is 1. The molecule has 0 spiro atoms. The van der Waals surface area contributed by atoms with Crippen molar-refractivity contribution in [3.63, 3.8) is 0 Å². The van der Waals surface area contributed by atoms with Gasteiger partial charge in [-0.25, -0.2) is 15.4 Å². The van der Waals surface area contributed by atoms with E-state index in [0.29, 0.717) is 12.5 Å². The van der Waals surface area contributed by atoms with Gasteiger partial charge in [0.05, 0.1) is 18.5 Å². The van der Waals surface area contributed by atoms with E-state index in [9.17, 15) is 0 Å². The Labute approximate surface area is 192 Å². The van der Waals surface area contributed by atoms with Crippen LogP contribution in [0.2, 0.25) is 0 Å². The predicted octanol–water partition coefficient (Wildman–Crippen LogP) is 4.95. The van der Waals surface area contributed by atoms with Crippen molar-refractivity contribution >= 4 is 17.7 Å². The fourth-order valence-electron chi connectivity index (χ4n) is 2.74. The monoisotopic (exact) mass is 436 g/mol. The van der Waals surface area contributed by atoms with E-state index in [0.717, 1.165) is 40.3 Å². The Balaban J connectivity index is 3.11. The van der Waals surface area contributed by atoms with Crippen molar-refractivity contribution in [1.82, 2.24) is 20.8 Å². The van der Waals surface area contributed by atoms with Gasteiger partial charge in [-0.2, -0.15) is 0 Å². The first-order valence-corrected chi connectivity index (χ1v) is 10.5. The molecule has 0 aliphatic carbocycles. The number of nitrogens with zero attached hydrogens (tertiary/aromatic N) is 3. The lowest BCUT2D eigenvalue weighted by Crippen LogP contribution is -2.29. The number of nitrogens with one attached hydrogen (secondary N) is 3. The van der Waals surface area contributed by atoms with Crippen LogP contribution in [-0.4, -0.2) is 36.9 Å². The number of aromatic nitrogens is 2. The molecule has 0 aliphatic heterocycles. The van der Waals surface area contributed by atoms with E-state index in [1.165, 1.54) is 5.57 Å². The molecule has 0 bridgehead atoms. The Bertz CT molecular complexity index is 938. The van der Waals surface area contributed by atoms with E-state index in [1.807, 2.05) is 52.1 Å². The van der Waals surface area contributed by atoms with Gasteiger partial charge in [0, 0.05) is 37.8 Å². The first-order valence-electron chi connectivity index (χ1n) is 10.5. The van der Waals surface area contributed by atoms with Crippen molar-refractivity contribution in [3.05, 3.63) is 83.7 Å². The number of anilines is 1. The van der Waals surface area contributed by atoms with Crippen LogP contribution < -0.4 is 16.2 Å². The van der Waals surface area contributed by atoms with Crippen molar-refractivity contribution < 1.29 is 4.74 Å². The maximum atomic E-state index is 5.37. The smallest absolute Gasteiger partial charge is 0.223 e. The van der Waals surface area contributed by atoms with Gasteiger partial charge in [-0.1, -0.05) is 32.2 Å². The summed E-state index contributed by atoms with van der Waals surface area (Å²) >= 11 is 0. The number of allylic oxidation sites excluding steroid dienone is 6. The molecule has 0 radical (unpaired) electrons. The zero-order valence-corrected chi connectivity index (χ0v) is 20.1. The minimum atomic E-state index is 0.531. The molecule has 1 heterocycles. The van der Waals surface area contributed by atoms with Gasteiger partial charge < -0.3 is 15.5 Å². The molecule has 0 aromatic carbocycles. The van der Waals surface area contributed by atoms with Crippen molar-refractivity contribution in [2.45, 2.75) is 34.1 Å². The minimum Gasteiger partial charge on any atom is -0.497 e. The first kappa shape index (κ1) is 26.6. The molecule has 0 saturated heterocycles. The maximum Gasteiger partial charge on any atom is 0.223 e. The average molecular weight is 437 g/mol. The highest BCUT2D eigenvalue weighted by Gasteiger charge is 2.09. The molecule has 0 aliphatic rings. The van der Waals surface area contributed by atoms with Gasteiger partial charge in [0.1, 0.15) is 5.76 Å². The highest BCUT2D eigenvalue weighted by Crippen LogP contribution is 2.17. The third-order valence-corrected chi connectivity index (χ3v) is 4.46. The molecule has 0 fully saturated rings. The van der Waals surface area contributed by atoms with Crippen molar-refractivity contribution in [1.29, 1.82) is 0 Å². The average Bonchev–Trinajstić information content (AvgIpc) is 2.79. The molecule has 0 saturated carbocycles. The second-order valence-electron chi connectivity index (χ2n) is 6.98. The predicted molar refractivity (Wildman–Crippen MR) is 136 cm³/mol. The Morgan fingerprint density at radius 2 is 2.00 bits per heavy atom. The summed E-state index contributed by atoms with van der Waals surface area (Å²) < 4.78 is 5.37. The van der Waals surface area contributed by atoms with Gasteiger partial charge in [-0.05, 0) is 56.1 Å². The summed E-state index contributed by atoms with van der Waals surface area (Å²) in [5, 5.41) is 3.32. The SMILES string of the molecule is C=C(C)\C(=C/C=C(C)/C(NNC)=C(/CC)CNc1nccc(C(=C)/C=N\C=C/C)n1)OC. The van der Waals surface area contributed by atoms with E-state index in [2.05, 4.69) is 51.2 Å². The third-order valence-electron chi connectivity index (χ3n) is 4.46. The molecule has 0 unspecified atom stereocenters. The minimum absolute atomic E-state index is 0.531. The Kier molecular flexibility index (Phi) is 12.1. The molecule has 0 atom stereocenters. The third kappa shape index (κ3) is 8.73. The van der Waals surface area contributed by atoms with Crippen LogP contribution in [0, 0.1) is 0 Å². The van der Waals surface area contributed by atoms with E-state index in [-0.39, 0.29) is 0 Å². The maximum absolute atomic E-state index is 5.37. The van der Waals surface area contributed by atoms with E-state index >= 15 is 0 Å². The van der Waals surface area contributed by atoms with Crippen LogP contribution in [-0.2, 0) is 4.74 Å². The Morgan fingerprint density at radius 3 is 2.59 bits per heavy atom. The zero-order valence-electron chi connectivity index (χ0n) is 20.1. The van der Waals surface area contributed by atoms with Crippen molar-refractivity contribution in [3.8, 4) is 0 Å². The molecule has 1 aromatic rings. The van der Waals surface area contributed by atoms with Crippen LogP contribution in [0.5, 0.6) is 0 Å². The largest absolute Gasteiger partial charge is 0.497 e. The molecule has 32 heavy (non-hydrogen) atoms. The highest BCUT2D eigenvalue weighted by molar-refractivity contribution is 6.08.